The Labute approximate surface area is 107 Å². The smallest absolute Gasteiger partial charge is 0.121 e. The van der Waals surface area contributed by atoms with E-state index < -0.39 is 0 Å². The predicted octanol–water partition coefficient (Wildman–Crippen LogP) is 2.08. The summed E-state index contributed by atoms with van der Waals surface area (Å²) in [5, 5.41) is 3.34. The molecule has 1 unspecified atom stereocenters. The number of nitrogens with one attached hydrogen (secondary N) is 1. The molecule has 1 atom stereocenters. The van der Waals surface area contributed by atoms with Gasteiger partial charge in [0.2, 0.25) is 0 Å². The van der Waals surface area contributed by atoms with Gasteiger partial charge in [0, 0.05) is 23.7 Å². The van der Waals surface area contributed by atoms with Gasteiger partial charge in [0.05, 0.1) is 19.8 Å². The van der Waals surface area contributed by atoms with Gasteiger partial charge < -0.3 is 14.8 Å². The Bertz CT molecular complexity index is 364. The van der Waals surface area contributed by atoms with Crippen molar-refractivity contribution in [2.45, 2.75) is 17.9 Å². The van der Waals surface area contributed by atoms with Crippen molar-refractivity contribution < 1.29 is 9.47 Å². The molecular weight excluding hydrogens is 234 g/mol. The lowest BCUT2D eigenvalue weighted by Gasteiger charge is -2.23. The maximum absolute atomic E-state index is 5.67. The normalized spacial score (nSPS) is 20.2. The van der Waals surface area contributed by atoms with Crippen LogP contribution in [0.4, 0.5) is 0 Å². The van der Waals surface area contributed by atoms with Crippen molar-refractivity contribution in [2.75, 3.05) is 32.6 Å². The Morgan fingerprint density at radius 2 is 2.41 bits per heavy atom. The second-order valence-corrected chi connectivity index (χ2v) is 5.23. The Morgan fingerprint density at radius 3 is 3.06 bits per heavy atom. The van der Waals surface area contributed by atoms with Crippen molar-refractivity contribution in [3.63, 3.8) is 0 Å². The van der Waals surface area contributed by atoms with Crippen molar-refractivity contribution in [3.8, 4) is 5.75 Å². The van der Waals surface area contributed by atoms with Gasteiger partial charge in [0.25, 0.3) is 0 Å². The predicted molar refractivity (Wildman–Crippen MR) is 71.1 cm³/mol. The lowest BCUT2D eigenvalue weighted by atomic mass is 10.2. The van der Waals surface area contributed by atoms with E-state index in [1.807, 2.05) is 17.8 Å². The minimum atomic E-state index is 0.330. The molecule has 0 amide bonds. The average molecular weight is 253 g/mol. The lowest BCUT2D eigenvalue weighted by molar-refractivity contribution is 0.0441. The maximum atomic E-state index is 5.67. The van der Waals surface area contributed by atoms with Gasteiger partial charge in [-0.1, -0.05) is 0 Å². The number of thioether (sulfide) groups is 1. The topological polar surface area (TPSA) is 30.5 Å². The second-order valence-electron chi connectivity index (χ2n) is 4.14. The molecule has 1 aliphatic heterocycles. The van der Waals surface area contributed by atoms with Crippen LogP contribution in [-0.4, -0.2) is 38.7 Å². The fraction of sp³-hybridized carbons (Fsp3) is 0.538. The first-order chi connectivity index (χ1) is 8.29. The number of aryl methyl sites for hydroxylation is 1. The molecule has 0 saturated carbocycles. The van der Waals surface area contributed by atoms with E-state index in [-0.39, 0.29) is 0 Å². The first-order valence-electron chi connectivity index (χ1n) is 5.89. The lowest BCUT2D eigenvalue weighted by Crippen LogP contribution is -2.39. The van der Waals surface area contributed by atoms with E-state index in [4.69, 9.17) is 9.47 Å². The molecule has 2 rings (SSSR count). The van der Waals surface area contributed by atoms with Crippen LogP contribution in [0.3, 0.4) is 0 Å². The monoisotopic (exact) mass is 253 g/mol. The molecule has 1 N–H and O–H groups in total. The van der Waals surface area contributed by atoms with Gasteiger partial charge >= 0.3 is 0 Å². The SMILES string of the molecule is COc1ccc(SCC2CNCCO2)cc1C. The Kier molecular flexibility index (Phi) is 4.71. The molecule has 1 aromatic rings. The minimum Gasteiger partial charge on any atom is -0.496 e. The number of methoxy groups -OCH3 is 1. The Morgan fingerprint density at radius 1 is 1.53 bits per heavy atom. The van der Waals surface area contributed by atoms with Crippen molar-refractivity contribution in [1.29, 1.82) is 0 Å². The van der Waals surface area contributed by atoms with Gasteiger partial charge in [-0.3, -0.25) is 0 Å². The summed E-state index contributed by atoms with van der Waals surface area (Å²) >= 11 is 1.84. The van der Waals surface area contributed by atoms with Crippen LogP contribution in [0.2, 0.25) is 0 Å². The fourth-order valence-electron chi connectivity index (χ4n) is 1.86. The zero-order chi connectivity index (χ0) is 12.1. The molecule has 4 heteroatoms. The van der Waals surface area contributed by atoms with Crippen molar-refractivity contribution in [1.82, 2.24) is 5.32 Å². The van der Waals surface area contributed by atoms with Crippen molar-refractivity contribution in [2.24, 2.45) is 0 Å². The molecule has 0 spiro atoms. The molecule has 17 heavy (non-hydrogen) atoms. The molecular formula is C13H19NO2S. The van der Waals surface area contributed by atoms with Crippen LogP contribution in [0.1, 0.15) is 5.56 Å². The summed E-state index contributed by atoms with van der Waals surface area (Å²) in [6.07, 6.45) is 0.330. The Hall–Kier alpha value is -0.710. The summed E-state index contributed by atoms with van der Waals surface area (Å²) in [5.74, 6) is 1.95. The van der Waals surface area contributed by atoms with Gasteiger partial charge in [-0.25, -0.2) is 0 Å². The number of benzene rings is 1. The van der Waals surface area contributed by atoms with Gasteiger partial charge in [0.1, 0.15) is 5.75 Å². The summed E-state index contributed by atoms with van der Waals surface area (Å²) in [4.78, 5) is 1.28. The summed E-state index contributed by atoms with van der Waals surface area (Å²) in [6.45, 7) is 4.83. The molecule has 0 aromatic heterocycles. The number of morpholine rings is 1. The van der Waals surface area contributed by atoms with Crippen molar-refractivity contribution >= 4 is 11.8 Å². The fourth-order valence-corrected chi connectivity index (χ4v) is 2.87. The average Bonchev–Trinajstić information content (AvgIpc) is 2.38. The molecule has 1 aliphatic rings. The first kappa shape index (κ1) is 12.7. The second kappa shape index (κ2) is 6.28. The standard InChI is InChI=1S/C13H19NO2S/c1-10-7-12(3-4-13(10)15-2)17-9-11-8-14-5-6-16-11/h3-4,7,11,14H,5-6,8-9H2,1-2H3. The summed E-state index contributed by atoms with van der Waals surface area (Å²) in [5.41, 5.74) is 1.18. The van der Waals surface area contributed by atoms with E-state index in [0.717, 1.165) is 31.2 Å². The summed E-state index contributed by atoms with van der Waals surface area (Å²) in [7, 11) is 1.71. The van der Waals surface area contributed by atoms with Crippen LogP contribution < -0.4 is 10.1 Å². The van der Waals surface area contributed by atoms with Crippen LogP contribution in [0.15, 0.2) is 23.1 Å². The summed E-state index contributed by atoms with van der Waals surface area (Å²) in [6, 6.07) is 6.30. The van der Waals surface area contributed by atoms with Crippen LogP contribution in [-0.2, 0) is 4.74 Å². The third-order valence-corrected chi connectivity index (χ3v) is 3.93. The Balaban J connectivity index is 1.87. The third-order valence-electron chi connectivity index (χ3n) is 2.81. The van der Waals surface area contributed by atoms with Gasteiger partial charge in [-0.05, 0) is 30.7 Å². The number of rotatable bonds is 4. The highest BCUT2D eigenvalue weighted by Crippen LogP contribution is 2.26. The van der Waals surface area contributed by atoms with E-state index >= 15 is 0 Å². The molecule has 1 saturated heterocycles. The van der Waals surface area contributed by atoms with Gasteiger partial charge in [-0.15, -0.1) is 11.8 Å². The van der Waals surface area contributed by atoms with Gasteiger partial charge in [0.15, 0.2) is 0 Å². The zero-order valence-corrected chi connectivity index (χ0v) is 11.2. The minimum absolute atomic E-state index is 0.330. The summed E-state index contributed by atoms with van der Waals surface area (Å²) < 4.78 is 10.9. The third kappa shape index (κ3) is 3.63. The molecule has 3 nitrogen and oxygen atoms in total. The largest absolute Gasteiger partial charge is 0.496 e. The molecule has 1 aromatic carbocycles. The highest BCUT2D eigenvalue weighted by Gasteiger charge is 2.13. The molecule has 0 bridgehead atoms. The van der Waals surface area contributed by atoms with Gasteiger partial charge in [-0.2, -0.15) is 0 Å². The molecule has 0 radical (unpaired) electrons. The van der Waals surface area contributed by atoms with E-state index in [2.05, 4.69) is 24.4 Å². The number of hydrogen-bond acceptors (Lipinski definition) is 4. The van der Waals surface area contributed by atoms with E-state index in [0.29, 0.717) is 6.10 Å². The highest BCUT2D eigenvalue weighted by atomic mass is 32.2. The van der Waals surface area contributed by atoms with Crippen molar-refractivity contribution in [3.05, 3.63) is 23.8 Å². The highest BCUT2D eigenvalue weighted by molar-refractivity contribution is 7.99. The van der Waals surface area contributed by atoms with E-state index in [1.165, 1.54) is 10.5 Å². The molecule has 1 fully saturated rings. The maximum Gasteiger partial charge on any atom is 0.121 e. The zero-order valence-electron chi connectivity index (χ0n) is 10.4. The van der Waals surface area contributed by atoms with Crippen LogP contribution in [0.25, 0.3) is 0 Å². The molecule has 0 aliphatic carbocycles. The first-order valence-corrected chi connectivity index (χ1v) is 6.88. The van der Waals surface area contributed by atoms with E-state index in [1.54, 1.807) is 7.11 Å². The van der Waals surface area contributed by atoms with E-state index in [9.17, 15) is 0 Å². The molecule has 94 valence electrons. The quantitative estimate of drug-likeness (QED) is 0.832. The van der Waals surface area contributed by atoms with Crippen LogP contribution in [0, 0.1) is 6.92 Å². The number of ether oxygens (including phenoxy) is 2. The van der Waals surface area contributed by atoms with Crippen LogP contribution >= 0.6 is 11.8 Å². The number of hydrogen-bond donors (Lipinski definition) is 1. The molecule has 1 heterocycles. The van der Waals surface area contributed by atoms with Crippen LogP contribution in [0.5, 0.6) is 5.75 Å².